The van der Waals surface area contributed by atoms with Gasteiger partial charge in [0, 0.05) is 17.6 Å². The lowest BCUT2D eigenvalue weighted by Crippen LogP contribution is -1.90. The zero-order valence-corrected chi connectivity index (χ0v) is 11.1. The quantitative estimate of drug-likeness (QED) is 0.707. The zero-order valence-electron chi connectivity index (χ0n) is 10.3. The fourth-order valence-electron chi connectivity index (χ4n) is 1.93. The maximum Gasteiger partial charge on any atom is 0.121 e. The maximum absolute atomic E-state index is 6.28. The first-order valence-corrected chi connectivity index (χ1v) is 6.21. The normalized spacial score (nSPS) is 10.6. The van der Waals surface area contributed by atoms with Crippen LogP contribution in [0.25, 0.3) is 22.3 Å². The Morgan fingerprint density at radius 1 is 1.11 bits per heavy atom. The molecule has 3 rings (SSSR count). The highest BCUT2D eigenvalue weighted by atomic mass is 35.5. The van der Waals surface area contributed by atoms with Gasteiger partial charge >= 0.3 is 0 Å². The van der Waals surface area contributed by atoms with E-state index in [4.69, 9.17) is 16.3 Å². The van der Waals surface area contributed by atoms with E-state index < -0.39 is 0 Å². The molecule has 2 heterocycles. The van der Waals surface area contributed by atoms with Crippen LogP contribution in [0.15, 0.2) is 48.7 Å². The van der Waals surface area contributed by atoms with Crippen molar-refractivity contribution in [2.24, 2.45) is 0 Å². The zero-order chi connectivity index (χ0) is 13.2. The molecule has 0 aliphatic carbocycles. The standard InChI is InChI=1S/C15H11ClN2O/c1-19-11-6-5-10-8-12(16)15(18-14(10)9-11)13-4-2-3-7-17-13/h2-9H,1H3. The van der Waals surface area contributed by atoms with Crippen LogP contribution in [0, 0.1) is 0 Å². The minimum atomic E-state index is 0.594. The van der Waals surface area contributed by atoms with Gasteiger partial charge in [0.1, 0.15) is 11.4 Å². The second kappa shape index (κ2) is 4.86. The topological polar surface area (TPSA) is 35.0 Å². The molecular weight excluding hydrogens is 260 g/mol. The number of benzene rings is 1. The van der Waals surface area contributed by atoms with Crippen LogP contribution >= 0.6 is 11.6 Å². The van der Waals surface area contributed by atoms with E-state index >= 15 is 0 Å². The molecule has 0 unspecified atom stereocenters. The summed E-state index contributed by atoms with van der Waals surface area (Å²) in [6.07, 6.45) is 1.73. The van der Waals surface area contributed by atoms with Gasteiger partial charge in [0.05, 0.1) is 23.3 Å². The minimum Gasteiger partial charge on any atom is -0.497 e. The van der Waals surface area contributed by atoms with E-state index in [1.54, 1.807) is 13.3 Å². The molecule has 94 valence electrons. The summed E-state index contributed by atoms with van der Waals surface area (Å²) in [5.41, 5.74) is 2.28. The van der Waals surface area contributed by atoms with Gasteiger partial charge in [0.2, 0.25) is 0 Å². The van der Waals surface area contributed by atoms with Gasteiger partial charge in [-0.15, -0.1) is 0 Å². The van der Waals surface area contributed by atoms with Crippen LogP contribution in [0.5, 0.6) is 5.75 Å². The van der Waals surface area contributed by atoms with Gasteiger partial charge < -0.3 is 4.74 Å². The van der Waals surface area contributed by atoms with Crippen molar-refractivity contribution in [2.75, 3.05) is 7.11 Å². The highest BCUT2D eigenvalue weighted by molar-refractivity contribution is 6.33. The summed E-state index contributed by atoms with van der Waals surface area (Å²) < 4.78 is 5.21. The number of fused-ring (bicyclic) bond motifs is 1. The van der Waals surface area contributed by atoms with Crippen LogP contribution in [0.2, 0.25) is 5.02 Å². The molecule has 0 saturated carbocycles. The molecule has 1 aromatic carbocycles. The number of hydrogen-bond donors (Lipinski definition) is 0. The first-order valence-electron chi connectivity index (χ1n) is 5.83. The van der Waals surface area contributed by atoms with Crippen LogP contribution in [0.4, 0.5) is 0 Å². The molecule has 0 aliphatic rings. The van der Waals surface area contributed by atoms with Gasteiger partial charge in [0.25, 0.3) is 0 Å². The van der Waals surface area contributed by atoms with E-state index in [-0.39, 0.29) is 0 Å². The van der Waals surface area contributed by atoms with E-state index in [1.165, 1.54) is 0 Å². The fourth-order valence-corrected chi connectivity index (χ4v) is 2.19. The van der Waals surface area contributed by atoms with Gasteiger partial charge in [0.15, 0.2) is 0 Å². The molecule has 0 bridgehead atoms. The van der Waals surface area contributed by atoms with Crippen LogP contribution in [0.1, 0.15) is 0 Å². The molecule has 19 heavy (non-hydrogen) atoms. The molecule has 0 fully saturated rings. The molecule has 0 saturated heterocycles. The van der Waals surface area contributed by atoms with E-state index in [2.05, 4.69) is 9.97 Å². The summed E-state index contributed by atoms with van der Waals surface area (Å²) in [5.74, 6) is 0.772. The lowest BCUT2D eigenvalue weighted by Gasteiger charge is -2.06. The molecule has 0 N–H and O–H groups in total. The summed E-state index contributed by atoms with van der Waals surface area (Å²) in [5, 5.41) is 1.57. The number of rotatable bonds is 2. The Kier molecular flexibility index (Phi) is 3.05. The molecule has 4 heteroatoms. The smallest absolute Gasteiger partial charge is 0.121 e. The maximum atomic E-state index is 6.28. The predicted molar refractivity (Wildman–Crippen MR) is 76.5 cm³/mol. The predicted octanol–water partition coefficient (Wildman–Crippen LogP) is 3.96. The molecule has 0 atom stereocenters. The van der Waals surface area contributed by atoms with Gasteiger partial charge in [-0.05, 0) is 30.3 Å². The molecule has 2 aromatic heterocycles. The number of pyridine rings is 2. The summed E-state index contributed by atoms with van der Waals surface area (Å²) in [6, 6.07) is 13.3. The molecular formula is C15H11ClN2O. The Labute approximate surface area is 115 Å². The van der Waals surface area contributed by atoms with Crippen LogP contribution < -0.4 is 4.74 Å². The molecule has 0 amide bonds. The van der Waals surface area contributed by atoms with E-state index in [1.807, 2.05) is 42.5 Å². The number of nitrogens with zero attached hydrogens (tertiary/aromatic N) is 2. The third-order valence-corrected chi connectivity index (χ3v) is 3.17. The van der Waals surface area contributed by atoms with E-state index in [0.29, 0.717) is 10.7 Å². The summed E-state index contributed by atoms with van der Waals surface area (Å²) >= 11 is 6.28. The van der Waals surface area contributed by atoms with E-state index in [9.17, 15) is 0 Å². The molecule has 3 aromatic rings. The lowest BCUT2D eigenvalue weighted by molar-refractivity contribution is 0.415. The van der Waals surface area contributed by atoms with Crippen LogP contribution in [-0.4, -0.2) is 17.1 Å². The number of aromatic nitrogens is 2. The van der Waals surface area contributed by atoms with E-state index in [0.717, 1.165) is 22.3 Å². The lowest BCUT2D eigenvalue weighted by atomic mass is 10.1. The van der Waals surface area contributed by atoms with Crippen molar-refractivity contribution in [3.8, 4) is 17.1 Å². The fraction of sp³-hybridized carbons (Fsp3) is 0.0667. The summed E-state index contributed by atoms with van der Waals surface area (Å²) in [7, 11) is 1.64. The second-order valence-electron chi connectivity index (χ2n) is 4.09. The number of hydrogen-bond acceptors (Lipinski definition) is 3. The van der Waals surface area contributed by atoms with Crippen LogP contribution in [0.3, 0.4) is 0 Å². The first-order chi connectivity index (χ1) is 9.28. The number of halogens is 1. The highest BCUT2D eigenvalue weighted by Crippen LogP contribution is 2.29. The Bertz CT molecular complexity index is 729. The monoisotopic (exact) mass is 270 g/mol. The van der Waals surface area contributed by atoms with Crippen molar-refractivity contribution in [1.29, 1.82) is 0 Å². The first kappa shape index (κ1) is 11.9. The molecule has 0 radical (unpaired) electrons. The molecule has 0 spiro atoms. The van der Waals surface area contributed by atoms with Crippen LogP contribution in [-0.2, 0) is 0 Å². The number of methoxy groups -OCH3 is 1. The molecule has 3 nitrogen and oxygen atoms in total. The van der Waals surface area contributed by atoms with Crippen molar-refractivity contribution in [2.45, 2.75) is 0 Å². The van der Waals surface area contributed by atoms with Gasteiger partial charge in [-0.2, -0.15) is 0 Å². The molecule has 0 aliphatic heterocycles. The third-order valence-electron chi connectivity index (χ3n) is 2.89. The highest BCUT2D eigenvalue weighted by Gasteiger charge is 2.09. The van der Waals surface area contributed by atoms with Crippen molar-refractivity contribution < 1.29 is 4.74 Å². The largest absolute Gasteiger partial charge is 0.497 e. The third kappa shape index (κ3) is 2.25. The van der Waals surface area contributed by atoms with Crippen molar-refractivity contribution in [3.63, 3.8) is 0 Å². The van der Waals surface area contributed by atoms with Crippen molar-refractivity contribution >= 4 is 22.5 Å². The Balaban J connectivity index is 2.23. The Morgan fingerprint density at radius 3 is 2.74 bits per heavy atom. The van der Waals surface area contributed by atoms with Gasteiger partial charge in [-0.1, -0.05) is 17.7 Å². The second-order valence-corrected chi connectivity index (χ2v) is 4.50. The summed E-state index contributed by atoms with van der Waals surface area (Å²) in [4.78, 5) is 8.86. The Morgan fingerprint density at radius 2 is 2.00 bits per heavy atom. The minimum absolute atomic E-state index is 0.594. The average molecular weight is 271 g/mol. The van der Waals surface area contributed by atoms with Crippen molar-refractivity contribution in [3.05, 3.63) is 53.7 Å². The van der Waals surface area contributed by atoms with Crippen molar-refractivity contribution in [1.82, 2.24) is 9.97 Å². The summed E-state index contributed by atoms with van der Waals surface area (Å²) in [6.45, 7) is 0. The van der Waals surface area contributed by atoms with Gasteiger partial charge in [-0.3, -0.25) is 4.98 Å². The SMILES string of the molecule is COc1ccc2cc(Cl)c(-c3ccccn3)nc2c1. The Hall–Kier alpha value is -2.13. The average Bonchev–Trinajstić information content (AvgIpc) is 2.47. The van der Waals surface area contributed by atoms with Gasteiger partial charge in [-0.25, -0.2) is 4.98 Å². The number of ether oxygens (including phenoxy) is 1.